The molecule has 0 fully saturated rings. The van der Waals surface area contributed by atoms with Crippen molar-refractivity contribution in [3.63, 3.8) is 0 Å². The Morgan fingerprint density at radius 3 is 2.71 bits per heavy atom. The third kappa shape index (κ3) is 3.02. The summed E-state index contributed by atoms with van der Waals surface area (Å²) in [4.78, 5) is 15.2. The predicted octanol–water partition coefficient (Wildman–Crippen LogP) is 1.87. The van der Waals surface area contributed by atoms with E-state index < -0.39 is 5.91 Å². The van der Waals surface area contributed by atoms with Crippen LogP contribution in [0.15, 0.2) is 35.8 Å². The van der Waals surface area contributed by atoms with Crippen molar-refractivity contribution in [1.29, 1.82) is 0 Å². The van der Waals surface area contributed by atoms with E-state index in [-0.39, 0.29) is 0 Å². The van der Waals surface area contributed by atoms with Crippen LogP contribution in [0.5, 0.6) is 0 Å². The topological polar surface area (TPSA) is 74.2 Å². The normalized spacial score (nSPS) is 9.94. The zero-order valence-corrected chi connectivity index (χ0v) is 9.70. The minimum absolute atomic E-state index is 0.410. The maximum atomic E-state index is 11.1. The Labute approximate surface area is 102 Å². The molecule has 1 aromatic heterocycles. The van der Waals surface area contributed by atoms with E-state index >= 15 is 0 Å². The first-order chi connectivity index (χ1) is 8.29. The highest BCUT2D eigenvalue weighted by molar-refractivity contribution is 7.09. The summed E-state index contributed by atoms with van der Waals surface area (Å²) in [5.41, 5.74) is 2.89. The van der Waals surface area contributed by atoms with Crippen LogP contribution < -0.4 is 10.8 Å². The maximum absolute atomic E-state index is 11.1. The molecule has 0 unspecified atom stereocenters. The van der Waals surface area contributed by atoms with E-state index in [2.05, 4.69) is 10.3 Å². The monoisotopic (exact) mass is 249 g/mol. The van der Waals surface area contributed by atoms with E-state index in [0.29, 0.717) is 12.1 Å². The van der Waals surface area contributed by atoms with Crippen LogP contribution in [0.25, 0.3) is 0 Å². The van der Waals surface area contributed by atoms with Gasteiger partial charge in [0, 0.05) is 22.8 Å². The summed E-state index contributed by atoms with van der Waals surface area (Å²) in [5.74, 6) is -0.517. The Bertz CT molecular complexity index is 482. The number of thiazole rings is 1. The van der Waals surface area contributed by atoms with Crippen LogP contribution in [-0.4, -0.2) is 16.1 Å². The molecular formula is C11H11N3O2S. The maximum Gasteiger partial charge on any atom is 0.274 e. The Balaban J connectivity index is 1.96. The van der Waals surface area contributed by atoms with Gasteiger partial charge in [-0.1, -0.05) is 0 Å². The first-order valence-electron chi connectivity index (χ1n) is 4.96. The fraction of sp³-hybridized carbons (Fsp3) is 0.0909. The first kappa shape index (κ1) is 11.6. The molecule has 0 bridgehead atoms. The lowest BCUT2D eigenvalue weighted by Gasteiger charge is -2.05. The molecule has 3 N–H and O–H groups in total. The highest BCUT2D eigenvalue weighted by Crippen LogP contribution is 2.12. The van der Waals surface area contributed by atoms with E-state index in [9.17, 15) is 4.79 Å². The summed E-state index contributed by atoms with van der Waals surface area (Å²) in [7, 11) is 0. The van der Waals surface area contributed by atoms with Crippen molar-refractivity contribution in [3.05, 3.63) is 46.4 Å². The summed E-state index contributed by atoms with van der Waals surface area (Å²) in [6, 6.07) is 6.82. The molecule has 0 radical (unpaired) electrons. The molecule has 6 heteroatoms. The summed E-state index contributed by atoms with van der Waals surface area (Å²) in [6.07, 6.45) is 1.76. The Morgan fingerprint density at radius 2 is 2.12 bits per heavy atom. The number of carbonyl (C=O) groups is 1. The number of anilines is 1. The number of amides is 1. The molecule has 1 amide bonds. The summed E-state index contributed by atoms with van der Waals surface area (Å²) >= 11 is 1.58. The summed E-state index contributed by atoms with van der Waals surface area (Å²) in [6.45, 7) is 0.656. The van der Waals surface area contributed by atoms with Crippen LogP contribution in [0.4, 0.5) is 5.69 Å². The van der Waals surface area contributed by atoms with Crippen molar-refractivity contribution >= 4 is 22.9 Å². The molecule has 0 aliphatic carbocycles. The van der Waals surface area contributed by atoms with Gasteiger partial charge in [0.15, 0.2) is 0 Å². The molecule has 1 aromatic carbocycles. The summed E-state index contributed by atoms with van der Waals surface area (Å²) < 4.78 is 0. The summed E-state index contributed by atoms with van der Waals surface area (Å²) in [5, 5.41) is 14.6. The number of rotatable bonds is 4. The molecule has 0 spiro atoms. The van der Waals surface area contributed by atoms with E-state index in [1.54, 1.807) is 47.3 Å². The lowest BCUT2D eigenvalue weighted by atomic mass is 10.2. The van der Waals surface area contributed by atoms with Crippen LogP contribution in [0.2, 0.25) is 0 Å². The number of hydrogen-bond acceptors (Lipinski definition) is 5. The molecule has 0 saturated carbocycles. The Hall–Kier alpha value is -1.92. The fourth-order valence-corrected chi connectivity index (χ4v) is 1.88. The minimum atomic E-state index is -0.517. The van der Waals surface area contributed by atoms with Gasteiger partial charge < -0.3 is 5.32 Å². The Kier molecular flexibility index (Phi) is 3.69. The number of benzene rings is 1. The van der Waals surface area contributed by atoms with Crippen LogP contribution >= 0.6 is 11.3 Å². The molecule has 88 valence electrons. The van der Waals surface area contributed by atoms with E-state index in [0.717, 1.165) is 10.7 Å². The smallest absolute Gasteiger partial charge is 0.274 e. The molecule has 0 saturated heterocycles. The van der Waals surface area contributed by atoms with E-state index in [1.807, 2.05) is 5.38 Å². The van der Waals surface area contributed by atoms with Gasteiger partial charge in [-0.05, 0) is 24.3 Å². The van der Waals surface area contributed by atoms with Crippen LogP contribution in [0, 0.1) is 0 Å². The third-order valence-corrected chi connectivity index (χ3v) is 2.96. The minimum Gasteiger partial charge on any atom is -0.379 e. The van der Waals surface area contributed by atoms with Crippen molar-refractivity contribution in [2.75, 3.05) is 5.32 Å². The molecule has 0 aliphatic rings. The van der Waals surface area contributed by atoms with Crippen molar-refractivity contribution in [2.45, 2.75) is 6.54 Å². The number of hydroxylamine groups is 1. The van der Waals surface area contributed by atoms with Gasteiger partial charge in [0.25, 0.3) is 5.91 Å². The van der Waals surface area contributed by atoms with Crippen molar-refractivity contribution in [1.82, 2.24) is 10.5 Å². The van der Waals surface area contributed by atoms with E-state index in [1.165, 1.54) is 0 Å². The lowest BCUT2D eigenvalue weighted by molar-refractivity contribution is 0.0706. The average molecular weight is 249 g/mol. The molecular weight excluding hydrogens is 238 g/mol. The zero-order chi connectivity index (χ0) is 12.1. The van der Waals surface area contributed by atoms with Gasteiger partial charge in [-0.25, -0.2) is 10.5 Å². The molecule has 0 atom stereocenters. The molecule has 0 aliphatic heterocycles. The average Bonchev–Trinajstić information content (AvgIpc) is 2.89. The fourth-order valence-electron chi connectivity index (χ4n) is 1.32. The third-order valence-electron chi connectivity index (χ3n) is 2.18. The largest absolute Gasteiger partial charge is 0.379 e. The number of carbonyl (C=O) groups excluding carboxylic acids is 1. The van der Waals surface area contributed by atoms with Gasteiger partial charge in [-0.15, -0.1) is 11.3 Å². The number of aromatic nitrogens is 1. The van der Waals surface area contributed by atoms with Crippen molar-refractivity contribution in [3.8, 4) is 0 Å². The SMILES string of the molecule is O=C(NO)c1ccc(NCc2nccs2)cc1. The van der Waals surface area contributed by atoms with Crippen LogP contribution in [-0.2, 0) is 6.54 Å². The van der Waals surface area contributed by atoms with Gasteiger partial charge in [0.1, 0.15) is 5.01 Å². The van der Waals surface area contributed by atoms with Crippen molar-refractivity contribution in [2.24, 2.45) is 0 Å². The van der Waals surface area contributed by atoms with E-state index in [4.69, 9.17) is 5.21 Å². The van der Waals surface area contributed by atoms with Crippen molar-refractivity contribution < 1.29 is 10.0 Å². The zero-order valence-electron chi connectivity index (χ0n) is 8.88. The molecule has 2 aromatic rings. The van der Waals surface area contributed by atoms with Gasteiger partial charge in [0.05, 0.1) is 6.54 Å². The molecule has 17 heavy (non-hydrogen) atoms. The van der Waals surface area contributed by atoms with Gasteiger partial charge >= 0.3 is 0 Å². The predicted molar refractivity (Wildman–Crippen MR) is 65.1 cm³/mol. The number of nitrogens with zero attached hydrogens (tertiary/aromatic N) is 1. The molecule has 1 heterocycles. The number of nitrogens with one attached hydrogen (secondary N) is 2. The quantitative estimate of drug-likeness (QED) is 0.571. The van der Waals surface area contributed by atoms with Crippen LogP contribution in [0.3, 0.4) is 0 Å². The van der Waals surface area contributed by atoms with Gasteiger partial charge in [0.2, 0.25) is 0 Å². The highest BCUT2D eigenvalue weighted by atomic mass is 32.1. The van der Waals surface area contributed by atoms with Crippen LogP contribution in [0.1, 0.15) is 15.4 Å². The molecule has 2 rings (SSSR count). The highest BCUT2D eigenvalue weighted by Gasteiger charge is 2.03. The van der Waals surface area contributed by atoms with Gasteiger partial charge in [-0.3, -0.25) is 10.0 Å². The first-order valence-corrected chi connectivity index (χ1v) is 5.84. The number of hydrogen-bond donors (Lipinski definition) is 3. The standard InChI is InChI=1S/C11H11N3O2S/c15-11(14-16)8-1-3-9(4-2-8)13-7-10-12-5-6-17-10/h1-6,13,16H,7H2,(H,14,15). The second kappa shape index (κ2) is 5.42. The lowest BCUT2D eigenvalue weighted by Crippen LogP contribution is -2.18. The van der Waals surface area contributed by atoms with Gasteiger partial charge in [-0.2, -0.15) is 0 Å². The molecule has 5 nitrogen and oxygen atoms in total. The second-order valence-corrected chi connectivity index (χ2v) is 4.28. The second-order valence-electron chi connectivity index (χ2n) is 3.30. The Morgan fingerprint density at radius 1 is 1.35 bits per heavy atom.